The lowest BCUT2D eigenvalue weighted by Crippen LogP contribution is -2.37. The summed E-state index contributed by atoms with van der Waals surface area (Å²) in [6, 6.07) is 9.40. The quantitative estimate of drug-likeness (QED) is 0.0494. The third-order valence-corrected chi connectivity index (χ3v) is 6.14. The van der Waals surface area contributed by atoms with Gasteiger partial charge in [-0.1, -0.05) is 52.3 Å². The van der Waals surface area contributed by atoms with Crippen molar-refractivity contribution in [2.75, 3.05) is 32.9 Å². The van der Waals surface area contributed by atoms with Gasteiger partial charge in [0.2, 0.25) is 24.3 Å². The molecule has 0 saturated heterocycles. The van der Waals surface area contributed by atoms with Crippen molar-refractivity contribution in [2.24, 2.45) is 20.0 Å². The van der Waals surface area contributed by atoms with Gasteiger partial charge in [0.25, 0.3) is 0 Å². The summed E-state index contributed by atoms with van der Waals surface area (Å²) in [5, 5.41) is 3.82. The van der Waals surface area contributed by atoms with E-state index in [2.05, 4.69) is 38.4 Å². The van der Waals surface area contributed by atoms with Crippen LogP contribution in [0.1, 0.15) is 48.0 Å². The Bertz CT molecular complexity index is 1680. The Morgan fingerprint density at radius 3 is 1.74 bits per heavy atom. The number of nitrogens with one attached hydrogen (secondary N) is 1. The highest BCUT2D eigenvalue weighted by Crippen LogP contribution is 2.31. The first kappa shape index (κ1) is 48.5. The van der Waals surface area contributed by atoms with E-state index in [1.165, 1.54) is 38.2 Å². The molecule has 17 heteroatoms. The number of nitrogens with zero attached hydrogens (tertiary/aromatic N) is 4. The summed E-state index contributed by atoms with van der Waals surface area (Å²) >= 11 is 0. The Hall–Kier alpha value is -6.62. The van der Waals surface area contributed by atoms with Gasteiger partial charge in [0.15, 0.2) is 12.1 Å². The van der Waals surface area contributed by atoms with Crippen LogP contribution < -0.4 is 5.32 Å². The molecular weight excluding hydrogens is 694 g/mol. The predicted molar refractivity (Wildman–Crippen MR) is 192 cm³/mol. The van der Waals surface area contributed by atoms with Gasteiger partial charge in [0.1, 0.15) is 19.8 Å². The average Bonchev–Trinajstić information content (AvgIpc) is 3.11. The lowest BCUT2D eigenvalue weighted by atomic mass is 10.1. The summed E-state index contributed by atoms with van der Waals surface area (Å²) in [6.07, 6.45) is 4.73. The van der Waals surface area contributed by atoms with Gasteiger partial charge in [-0.15, -0.1) is 0 Å². The molecule has 1 unspecified atom stereocenters. The van der Waals surface area contributed by atoms with Crippen molar-refractivity contribution < 1.29 is 57.3 Å². The maximum absolute atomic E-state index is 12.0. The molecule has 17 nitrogen and oxygen atoms in total. The molecule has 284 valence electrons. The zero-order chi connectivity index (χ0) is 38.0. The zero-order valence-electron chi connectivity index (χ0n) is 27.9. The highest BCUT2D eigenvalue weighted by atomic mass is 16.6. The number of isocyanates is 4. The van der Waals surface area contributed by atoms with E-state index < -0.39 is 49.4 Å². The summed E-state index contributed by atoms with van der Waals surface area (Å²) in [6.45, 7) is 8.75. The van der Waals surface area contributed by atoms with Crippen molar-refractivity contribution in [1.82, 2.24) is 5.32 Å². The first-order valence-corrected chi connectivity index (χ1v) is 15.0. The molecule has 2 aromatic rings. The zero-order valence-corrected chi connectivity index (χ0v) is 27.9. The molecule has 0 aliphatic carbocycles. The van der Waals surface area contributed by atoms with E-state index in [0.717, 1.165) is 10.8 Å². The van der Waals surface area contributed by atoms with Crippen molar-refractivity contribution in [3.05, 3.63) is 60.7 Å². The van der Waals surface area contributed by atoms with E-state index in [-0.39, 0.29) is 52.1 Å². The molecule has 1 atom stereocenters. The van der Waals surface area contributed by atoms with Crippen LogP contribution in [0.4, 0.5) is 16.2 Å². The molecule has 0 spiro atoms. The molecule has 0 heterocycles. The van der Waals surface area contributed by atoms with Gasteiger partial charge in [-0.3, -0.25) is 0 Å². The Kier molecular flexibility index (Phi) is 25.7. The van der Waals surface area contributed by atoms with E-state index in [1.807, 2.05) is 0 Å². The average molecular weight is 738 g/mol. The van der Waals surface area contributed by atoms with Crippen LogP contribution in [0.15, 0.2) is 80.7 Å². The third-order valence-electron chi connectivity index (χ3n) is 6.14. The number of amides is 1. The smallest absolute Gasteiger partial charge is 0.407 e. The number of fused-ring (bicyclic) bond motifs is 1. The van der Waals surface area contributed by atoms with Gasteiger partial charge < -0.3 is 24.3 Å². The molecule has 0 saturated carbocycles. The molecule has 2 aromatic carbocycles. The van der Waals surface area contributed by atoms with Crippen molar-refractivity contribution in [2.45, 2.75) is 60.1 Å². The molecule has 0 aliphatic rings. The summed E-state index contributed by atoms with van der Waals surface area (Å²) in [5.74, 6) is -2.24. The largest absolute Gasteiger partial charge is 0.462 e. The number of unbranched alkanes of at least 4 members (excludes halogenated alkanes) is 1. The topological polar surface area (TPSA) is 235 Å². The number of aliphatic imine (C=N–C) groups is 4. The van der Waals surface area contributed by atoms with Crippen LogP contribution in [-0.4, -0.2) is 93.4 Å². The molecule has 0 aromatic heterocycles. The molecular formula is C36H43N5O12. The fourth-order valence-electron chi connectivity index (χ4n) is 3.74. The first-order valence-electron chi connectivity index (χ1n) is 15.0. The van der Waals surface area contributed by atoms with E-state index in [0.29, 0.717) is 24.2 Å². The Balaban J connectivity index is 0. The number of esters is 3. The van der Waals surface area contributed by atoms with Crippen molar-refractivity contribution >= 4 is 70.5 Å². The lowest BCUT2D eigenvalue weighted by Gasteiger charge is -2.18. The van der Waals surface area contributed by atoms with Gasteiger partial charge in [0, 0.05) is 21.9 Å². The van der Waals surface area contributed by atoms with Crippen LogP contribution in [0.2, 0.25) is 0 Å². The second-order valence-electron chi connectivity index (χ2n) is 10.1. The minimum atomic E-state index is -1.13. The van der Waals surface area contributed by atoms with Crippen LogP contribution >= 0.6 is 0 Å². The number of carbonyl (C=O) groups is 4. The third kappa shape index (κ3) is 19.4. The molecule has 0 bridgehead atoms. The molecule has 1 N–H and O–H groups in total. The van der Waals surface area contributed by atoms with E-state index >= 15 is 0 Å². The standard InChI is InChI=1S/C22H29N3O10.C12H6N2O2.2CH4/c1-15(2)19(28)33-11-17(12-34-20(29)16(3)4)35-22(31)24-9-10-32-21(30)18(25-14-27)7-5-6-8-23-13-26;15-7-13-11-5-1-3-9-10(11)4-2-6-12(9)14-8-16;;/h17-18H,1,3,5-12H2,2,4H3,(H,24,31);1-6H;2*1H4. The first-order chi connectivity index (χ1) is 24.5. The molecule has 53 heavy (non-hydrogen) atoms. The van der Waals surface area contributed by atoms with Gasteiger partial charge >= 0.3 is 24.0 Å². The van der Waals surface area contributed by atoms with Gasteiger partial charge in [-0.25, -0.2) is 43.3 Å². The summed E-state index contributed by atoms with van der Waals surface area (Å²) in [4.78, 5) is 102. The monoisotopic (exact) mass is 737 g/mol. The number of hydrogen-bond donors (Lipinski definition) is 1. The van der Waals surface area contributed by atoms with Gasteiger partial charge in [-0.2, -0.15) is 15.0 Å². The summed E-state index contributed by atoms with van der Waals surface area (Å²) in [7, 11) is 0. The van der Waals surface area contributed by atoms with E-state index in [4.69, 9.17) is 18.9 Å². The van der Waals surface area contributed by atoms with Gasteiger partial charge in [0.05, 0.1) is 24.5 Å². The highest BCUT2D eigenvalue weighted by molar-refractivity contribution is 6.00. The number of hydrogen-bond acceptors (Lipinski definition) is 16. The maximum Gasteiger partial charge on any atom is 0.407 e. The molecule has 2 rings (SSSR count). The fourth-order valence-corrected chi connectivity index (χ4v) is 3.74. The second kappa shape index (κ2) is 28.1. The van der Waals surface area contributed by atoms with Crippen LogP contribution in [0, 0.1) is 0 Å². The van der Waals surface area contributed by atoms with E-state index in [9.17, 15) is 38.4 Å². The van der Waals surface area contributed by atoms with E-state index in [1.54, 1.807) is 36.4 Å². The van der Waals surface area contributed by atoms with Crippen molar-refractivity contribution in [1.29, 1.82) is 0 Å². The van der Waals surface area contributed by atoms with Crippen LogP contribution in [0.3, 0.4) is 0 Å². The number of alkyl carbamates (subject to hydrolysis) is 1. The minimum Gasteiger partial charge on any atom is -0.462 e. The van der Waals surface area contributed by atoms with Crippen LogP contribution in [0.25, 0.3) is 10.8 Å². The fraction of sp³-hybridized carbons (Fsp3) is 0.389. The minimum absolute atomic E-state index is 0. The predicted octanol–water partition coefficient (Wildman–Crippen LogP) is 5.12. The normalized spacial score (nSPS) is 9.79. The Labute approximate surface area is 306 Å². The number of carbonyl (C=O) groups excluding carboxylic acids is 8. The lowest BCUT2D eigenvalue weighted by molar-refractivity contribution is -0.147. The van der Waals surface area contributed by atoms with Crippen molar-refractivity contribution in [3.8, 4) is 0 Å². The van der Waals surface area contributed by atoms with Gasteiger partial charge in [-0.05, 0) is 45.2 Å². The number of ether oxygens (including phenoxy) is 4. The Morgan fingerprint density at radius 1 is 0.755 bits per heavy atom. The number of rotatable bonds is 19. The SMILES string of the molecule is C.C.C=C(C)C(=O)OCC(COC(=O)C(=C)C)OC(=O)NCCOC(=O)C(CCCCN=C=O)N=C=O.O=C=Nc1cccc2c(N=C=O)cccc12. The summed E-state index contributed by atoms with van der Waals surface area (Å²) < 4.78 is 19.9. The van der Waals surface area contributed by atoms with Crippen LogP contribution in [0.5, 0.6) is 0 Å². The molecule has 0 fully saturated rings. The molecule has 0 radical (unpaired) electrons. The molecule has 1 amide bonds. The summed E-state index contributed by atoms with van der Waals surface area (Å²) in [5.41, 5.74) is 1.27. The Morgan fingerprint density at radius 2 is 1.28 bits per heavy atom. The molecule has 0 aliphatic heterocycles. The highest BCUT2D eigenvalue weighted by Gasteiger charge is 2.21. The van der Waals surface area contributed by atoms with Crippen molar-refractivity contribution in [3.63, 3.8) is 0 Å². The second-order valence-corrected chi connectivity index (χ2v) is 10.1. The van der Waals surface area contributed by atoms with Crippen LogP contribution in [-0.2, 0) is 52.5 Å². The number of benzene rings is 2. The maximum atomic E-state index is 12.0.